The number of nitrogens with one attached hydrogen (secondary N) is 1. The van der Waals surface area contributed by atoms with Gasteiger partial charge in [0.25, 0.3) is 5.91 Å². The van der Waals surface area contributed by atoms with Crippen LogP contribution in [0.5, 0.6) is 0 Å². The third-order valence-corrected chi connectivity index (χ3v) is 4.45. The number of hydrogen-bond donors (Lipinski definition) is 1. The van der Waals surface area contributed by atoms with Crippen molar-refractivity contribution in [2.24, 2.45) is 5.10 Å². The second-order valence-electron chi connectivity index (χ2n) is 5.02. The lowest BCUT2D eigenvalue weighted by molar-refractivity contribution is 0.0959. The van der Waals surface area contributed by atoms with Gasteiger partial charge in [-0.15, -0.1) is 11.3 Å². The van der Waals surface area contributed by atoms with E-state index in [0.29, 0.717) is 16.3 Å². The summed E-state index contributed by atoms with van der Waals surface area (Å²) in [6, 6.07) is 15.2. The molecule has 0 saturated carbocycles. The minimum Gasteiger partial charge on any atom is -0.266 e. The molecule has 120 valence electrons. The van der Waals surface area contributed by atoms with Gasteiger partial charge in [0.1, 0.15) is 5.82 Å². The number of thiophene rings is 1. The molecule has 1 N–H and O–H groups in total. The fourth-order valence-corrected chi connectivity index (χ4v) is 2.95. The summed E-state index contributed by atoms with van der Waals surface area (Å²) in [5.41, 5.74) is 4.73. The third-order valence-electron chi connectivity index (χ3n) is 3.32. The first-order valence-corrected chi connectivity index (χ1v) is 8.07. The number of hydrogen-bond acceptors (Lipinski definition) is 4. The van der Waals surface area contributed by atoms with Crippen LogP contribution in [0.15, 0.2) is 65.9 Å². The molecule has 2 heterocycles. The highest BCUT2D eigenvalue weighted by molar-refractivity contribution is 7.17. The molecule has 0 aliphatic heterocycles. The molecule has 4 nitrogen and oxygen atoms in total. The Balaban J connectivity index is 1.71. The molecule has 1 aromatic carbocycles. The number of halogens is 1. The van der Waals surface area contributed by atoms with E-state index in [1.807, 2.05) is 24.3 Å². The number of nitrogens with zero attached hydrogens (tertiary/aromatic N) is 2. The minimum atomic E-state index is -0.288. The Morgan fingerprint density at radius 2 is 1.92 bits per heavy atom. The lowest BCUT2D eigenvalue weighted by Crippen LogP contribution is -2.18. The number of carbonyl (C=O) groups is 1. The Morgan fingerprint density at radius 3 is 2.62 bits per heavy atom. The van der Waals surface area contributed by atoms with E-state index in [0.717, 1.165) is 10.4 Å². The highest BCUT2D eigenvalue weighted by Gasteiger charge is 2.10. The molecule has 0 fully saturated rings. The largest absolute Gasteiger partial charge is 0.281 e. The van der Waals surface area contributed by atoms with Gasteiger partial charge < -0.3 is 0 Å². The first-order chi connectivity index (χ1) is 11.6. The number of carbonyl (C=O) groups excluding carboxylic acids is 1. The molecule has 0 bridgehead atoms. The van der Waals surface area contributed by atoms with Gasteiger partial charge in [0.15, 0.2) is 0 Å². The van der Waals surface area contributed by atoms with E-state index in [-0.39, 0.29) is 11.7 Å². The van der Waals surface area contributed by atoms with Gasteiger partial charge in [-0.2, -0.15) is 5.10 Å². The van der Waals surface area contributed by atoms with E-state index in [2.05, 4.69) is 15.5 Å². The first-order valence-electron chi connectivity index (χ1n) is 7.25. The summed E-state index contributed by atoms with van der Waals surface area (Å²) in [6.07, 6.45) is 1.67. The van der Waals surface area contributed by atoms with Gasteiger partial charge >= 0.3 is 0 Å². The topological polar surface area (TPSA) is 54.4 Å². The highest BCUT2D eigenvalue weighted by atomic mass is 32.1. The fraction of sp³-hybridized carbons (Fsp3) is 0.0556. The molecule has 3 aromatic rings. The molecule has 0 spiro atoms. The van der Waals surface area contributed by atoms with Crippen molar-refractivity contribution in [3.8, 4) is 10.4 Å². The van der Waals surface area contributed by atoms with Gasteiger partial charge in [0.2, 0.25) is 0 Å². The van der Waals surface area contributed by atoms with Crippen LogP contribution in [-0.4, -0.2) is 16.6 Å². The first kappa shape index (κ1) is 16.0. The van der Waals surface area contributed by atoms with E-state index >= 15 is 0 Å². The number of hydrazone groups is 1. The number of pyridine rings is 1. The molecule has 0 aliphatic carbocycles. The zero-order valence-electron chi connectivity index (χ0n) is 12.9. The predicted octanol–water partition coefficient (Wildman–Crippen LogP) is 4.10. The molecule has 24 heavy (non-hydrogen) atoms. The molecule has 0 radical (unpaired) electrons. The van der Waals surface area contributed by atoms with Crippen LogP contribution in [0.1, 0.15) is 22.3 Å². The molecule has 3 rings (SSSR count). The average molecular weight is 339 g/mol. The molecule has 0 unspecified atom stereocenters. The summed E-state index contributed by atoms with van der Waals surface area (Å²) < 4.78 is 13.0. The zero-order valence-corrected chi connectivity index (χ0v) is 13.7. The summed E-state index contributed by atoms with van der Waals surface area (Å²) in [5.74, 6) is -0.573. The average Bonchev–Trinajstić information content (AvgIpc) is 3.11. The van der Waals surface area contributed by atoms with Crippen molar-refractivity contribution in [3.63, 3.8) is 0 Å². The number of rotatable bonds is 4. The summed E-state index contributed by atoms with van der Waals surface area (Å²) in [6.45, 7) is 1.78. The summed E-state index contributed by atoms with van der Waals surface area (Å²) >= 11 is 1.33. The number of benzene rings is 1. The highest BCUT2D eigenvalue weighted by Crippen LogP contribution is 2.28. The fourth-order valence-electron chi connectivity index (χ4n) is 2.05. The molecule has 0 atom stereocenters. The Bertz CT molecular complexity index is 873. The van der Waals surface area contributed by atoms with Gasteiger partial charge in [0, 0.05) is 11.1 Å². The SMILES string of the molecule is C/C(=N/NC(=O)c1ccc(-c2ccc(F)cc2)s1)c1ccccn1. The van der Waals surface area contributed by atoms with E-state index in [1.165, 1.54) is 23.5 Å². The van der Waals surface area contributed by atoms with E-state index in [9.17, 15) is 9.18 Å². The molecular weight excluding hydrogens is 325 g/mol. The van der Waals surface area contributed by atoms with Gasteiger partial charge in [-0.05, 0) is 48.9 Å². The summed E-state index contributed by atoms with van der Waals surface area (Å²) in [4.78, 5) is 17.8. The molecule has 2 aromatic heterocycles. The smallest absolute Gasteiger partial charge is 0.266 e. The van der Waals surface area contributed by atoms with Gasteiger partial charge in [-0.1, -0.05) is 18.2 Å². The van der Waals surface area contributed by atoms with Crippen LogP contribution >= 0.6 is 11.3 Å². The van der Waals surface area contributed by atoms with E-state index < -0.39 is 0 Å². The van der Waals surface area contributed by atoms with Crippen LogP contribution in [0.25, 0.3) is 10.4 Å². The van der Waals surface area contributed by atoms with Crippen LogP contribution in [0, 0.1) is 5.82 Å². The maximum atomic E-state index is 13.0. The van der Waals surface area contributed by atoms with Crippen LogP contribution in [0.4, 0.5) is 4.39 Å². The Morgan fingerprint density at radius 1 is 1.12 bits per heavy atom. The second-order valence-corrected chi connectivity index (χ2v) is 6.11. The van der Waals surface area contributed by atoms with Crippen LogP contribution in [-0.2, 0) is 0 Å². The maximum Gasteiger partial charge on any atom is 0.281 e. The van der Waals surface area contributed by atoms with Crippen molar-refractivity contribution in [2.45, 2.75) is 6.92 Å². The maximum absolute atomic E-state index is 13.0. The molecule has 0 saturated heterocycles. The summed E-state index contributed by atoms with van der Waals surface area (Å²) in [7, 11) is 0. The molecular formula is C18H14FN3OS. The lowest BCUT2D eigenvalue weighted by Gasteiger charge is -2.00. The number of amides is 1. The summed E-state index contributed by atoms with van der Waals surface area (Å²) in [5, 5.41) is 4.08. The van der Waals surface area contributed by atoms with Crippen LogP contribution < -0.4 is 5.43 Å². The Hall–Kier alpha value is -2.86. The van der Waals surface area contributed by atoms with Crippen LogP contribution in [0.2, 0.25) is 0 Å². The van der Waals surface area contributed by atoms with Crippen LogP contribution in [0.3, 0.4) is 0 Å². The van der Waals surface area contributed by atoms with Crippen molar-refractivity contribution in [2.75, 3.05) is 0 Å². The standard InChI is InChI=1S/C18H14FN3OS/c1-12(15-4-2-3-11-20-15)21-22-18(23)17-10-9-16(24-17)13-5-7-14(19)8-6-13/h2-11H,1H3,(H,22,23)/b21-12-. The minimum absolute atomic E-state index is 0.285. The molecule has 1 amide bonds. The Kier molecular flexibility index (Phi) is 4.77. The second kappa shape index (κ2) is 7.14. The Labute approximate surface area is 142 Å². The van der Waals surface area contributed by atoms with Crippen molar-refractivity contribution < 1.29 is 9.18 Å². The van der Waals surface area contributed by atoms with Crippen molar-refractivity contribution in [3.05, 3.63) is 77.2 Å². The van der Waals surface area contributed by atoms with Crippen molar-refractivity contribution >= 4 is 23.0 Å². The third kappa shape index (κ3) is 3.72. The predicted molar refractivity (Wildman–Crippen MR) is 93.6 cm³/mol. The monoisotopic (exact) mass is 339 g/mol. The van der Waals surface area contributed by atoms with E-state index in [1.54, 1.807) is 31.3 Å². The van der Waals surface area contributed by atoms with Crippen molar-refractivity contribution in [1.29, 1.82) is 0 Å². The van der Waals surface area contributed by atoms with Gasteiger partial charge in [0.05, 0.1) is 16.3 Å². The van der Waals surface area contributed by atoms with E-state index in [4.69, 9.17) is 0 Å². The van der Waals surface area contributed by atoms with Gasteiger partial charge in [-0.25, -0.2) is 9.82 Å². The normalized spacial score (nSPS) is 11.3. The molecule has 0 aliphatic rings. The zero-order chi connectivity index (χ0) is 16.9. The quantitative estimate of drug-likeness (QED) is 0.575. The lowest BCUT2D eigenvalue weighted by atomic mass is 10.2. The van der Waals surface area contributed by atoms with Crippen molar-refractivity contribution in [1.82, 2.24) is 10.4 Å². The molecule has 6 heteroatoms. The number of aromatic nitrogens is 1. The van der Waals surface area contributed by atoms with Gasteiger partial charge in [-0.3, -0.25) is 9.78 Å².